The monoisotopic (exact) mass is 227 g/mol. The summed E-state index contributed by atoms with van der Waals surface area (Å²) in [7, 11) is 0. The van der Waals surface area contributed by atoms with Crippen LogP contribution in [-0.2, 0) is 9.47 Å². The fourth-order valence-corrected chi connectivity index (χ4v) is 1.11. The standard InChI is InChI=1S/C9H13N3O4/c1-3-15-8(13)6-7(9(14)16-4-2)12(10)5-11-6/h5H,3-4,10H2,1-2H3. The van der Waals surface area contributed by atoms with E-state index in [1.807, 2.05) is 0 Å². The van der Waals surface area contributed by atoms with Crippen molar-refractivity contribution in [3.8, 4) is 0 Å². The molecule has 7 heteroatoms. The number of hydrogen-bond donors (Lipinski definition) is 1. The molecule has 16 heavy (non-hydrogen) atoms. The van der Waals surface area contributed by atoms with Gasteiger partial charge in [0.05, 0.1) is 13.2 Å². The number of nitrogens with two attached hydrogens (primary N) is 1. The van der Waals surface area contributed by atoms with Gasteiger partial charge in [0, 0.05) is 0 Å². The Hall–Kier alpha value is -2.05. The van der Waals surface area contributed by atoms with E-state index in [0.29, 0.717) is 0 Å². The van der Waals surface area contributed by atoms with Crippen molar-refractivity contribution in [1.82, 2.24) is 9.66 Å². The van der Waals surface area contributed by atoms with Crippen molar-refractivity contribution in [2.75, 3.05) is 19.1 Å². The Balaban J connectivity index is 3.02. The lowest BCUT2D eigenvalue weighted by Crippen LogP contribution is -2.21. The molecule has 1 aromatic rings. The highest BCUT2D eigenvalue weighted by atomic mass is 16.5. The van der Waals surface area contributed by atoms with Gasteiger partial charge in [-0.3, -0.25) is 0 Å². The van der Waals surface area contributed by atoms with Gasteiger partial charge in [0.2, 0.25) is 0 Å². The van der Waals surface area contributed by atoms with Gasteiger partial charge in [0.1, 0.15) is 6.33 Å². The summed E-state index contributed by atoms with van der Waals surface area (Å²) in [6.45, 7) is 3.69. The van der Waals surface area contributed by atoms with E-state index in [4.69, 9.17) is 15.3 Å². The summed E-state index contributed by atoms with van der Waals surface area (Å²) in [5.41, 5.74) is -0.247. The molecule has 0 saturated heterocycles. The third-order valence-corrected chi connectivity index (χ3v) is 1.73. The highest BCUT2D eigenvalue weighted by Gasteiger charge is 2.25. The SMILES string of the molecule is CCOC(=O)c1ncn(N)c1C(=O)OCC. The minimum atomic E-state index is -0.703. The molecular formula is C9H13N3O4. The number of carbonyl (C=O) groups excluding carboxylic acids is 2. The van der Waals surface area contributed by atoms with Crippen molar-refractivity contribution < 1.29 is 19.1 Å². The molecule has 0 aromatic carbocycles. The van der Waals surface area contributed by atoms with E-state index in [1.54, 1.807) is 13.8 Å². The molecule has 1 heterocycles. The minimum absolute atomic E-state index is 0.111. The third-order valence-electron chi connectivity index (χ3n) is 1.73. The zero-order valence-corrected chi connectivity index (χ0v) is 9.10. The quantitative estimate of drug-likeness (QED) is 0.572. The van der Waals surface area contributed by atoms with Gasteiger partial charge in [-0.2, -0.15) is 0 Å². The lowest BCUT2D eigenvalue weighted by Gasteiger charge is -2.04. The molecular weight excluding hydrogens is 214 g/mol. The molecule has 2 N–H and O–H groups in total. The molecule has 1 aromatic heterocycles. The molecule has 1 rings (SSSR count). The molecule has 0 amide bonds. The third kappa shape index (κ3) is 2.30. The Morgan fingerprint density at radius 3 is 2.44 bits per heavy atom. The number of rotatable bonds is 4. The number of nitrogens with zero attached hydrogens (tertiary/aromatic N) is 2. The molecule has 0 bridgehead atoms. The van der Waals surface area contributed by atoms with Crippen LogP contribution >= 0.6 is 0 Å². The molecule has 0 atom stereocenters. The number of hydrogen-bond acceptors (Lipinski definition) is 6. The van der Waals surface area contributed by atoms with E-state index in [9.17, 15) is 9.59 Å². The van der Waals surface area contributed by atoms with Crippen LogP contribution < -0.4 is 5.84 Å². The average molecular weight is 227 g/mol. The van der Waals surface area contributed by atoms with E-state index in [-0.39, 0.29) is 24.6 Å². The maximum Gasteiger partial charge on any atom is 0.359 e. The first kappa shape index (κ1) is 12.0. The minimum Gasteiger partial charge on any atom is -0.461 e. The predicted molar refractivity (Wildman–Crippen MR) is 54.3 cm³/mol. The van der Waals surface area contributed by atoms with Gasteiger partial charge in [-0.05, 0) is 13.8 Å². The van der Waals surface area contributed by atoms with Gasteiger partial charge >= 0.3 is 11.9 Å². The molecule has 0 unspecified atom stereocenters. The molecule has 0 spiro atoms. The second-order valence-electron chi connectivity index (χ2n) is 2.79. The zero-order valence-electron chi connectivity index (χ0n) is 9.10. The highest BCUT2D eigenvalue weighted by molar-refractivity contribution is 6.00. The first-order valence-electron chi connectivity index (χ1n) is 4.78. The van der Waals surface area contributed by atoms with Crippen molar-refractivity contribution >= 4 is 11.9 Å². The second-order valence-corrected chi connectivity index (χ2v) is 2.79. The van der Waals surface area contributed by atoms with Gasteiger partial charge < -0.3 is 15.3 Å². The van der Waals surface area contributed by atoms with Gasteiger partial charge in [-0.1, -0.05) is 0 Å². The van der Waals surface area contributed by atoms with E-state index >= 15 is 0 Å². The van der Waals surface area contributed by atoms with Crippen LogP contribution in [0, 0.1) is 0 Å². The first-order valence-corrected chi connectivity index (χ1v) is 4.78. The molecule has 0 radical (unpaired) electrons. The lowest BCUT2D eigenvalue weighted by molar-refractivity contribution is 0.0468. The number of nitrogen functional groups attached to an aromatic ring is 1. The van der Waals surface area contributed by atoms with Crippen LogP contribution in [-0.4, -0.2) is 34.8 Å². The van der Waals surface area contributed by atoms with Crippen LogP contribution in [0.3, 0.4) is 0 Å². The Kier molecular flexibility index (Phi) is 3.87. The summed E-state index contributed by atoms with van der Waals surface area (Å²) in [5.74, 6) is 4.05. The topological polar surface area (TPSA) is 96.4 Å². The van der Waals surface area contributed by atoms with Gasteiger partial charge in [0.25, 0.3) is 0 Å². The molecule has 0 fully saturated rings. The van der Waals surface area contributed by atoms with Crippen molar-refractivity contribution in [3.05, 3.63) is 17.7 Å². The van der Waals surface area contributed by atoms with Crippen LogP contribution in [0.25, 0.3) is 0 Å². The Morgan fingerprint density at radius 1 is 1.31 bits per heavy atom. The van der Waals surface area contributed by atoms with Crippen LogP contribution in [0.5, 0.6) is 0 Å². The van der Waals surface area contributed by atoms with E-state index in [1.165, 1.54) is 0 Å². The molecule has 0 aliphatic heterocycles. The second kappa shape index (κ2) is 5.15. The van der Waals surface area contributed by atoms with Crippen LogP contribution in [0.15, 0.2) is 6.33 Å². The maximum absolute atomic E-state index is 11.5. The zero-order chi connectivity index (χ0) is 12.1. The Morgan fingerprint density at radius 2 is 1.88 bits per heavy atom. The normalized spacial score (nSPS) is 9.88. The first-order chi connectivity index (χ1) is 7.61. The molecule has 0 saturated carbocycles. The molecule has 7 nitrogen and oxygen atoms in total. The molecule has 0 aliphatic rings. The summed E-state index contributed by atoms with van der Waals surface area (Å²) >= 11 is 0. The number of ether oxygens (including phenoxy) is 2. The lowest BCUT2D eigenvalue weighted by atomic mass is 10.3. The van der Waals surface area contributed by atoms with Gasteiger partial charge in [-0.25, -0.2) is 19.2 Å². The maximum atomic E-state index is 11.5. The smallest absolute Gasteiger partial charge is 0.359 e. The predicted octanol–water partition coefficient (Wildman–Crippen LogP) is -0.0497. The average Bonchev–Trinajstić information content (AvgIpc) is 2.61. The number of carbonyl (C=O) groups is 2. The number of aromatic nitrogens is 2. The molecule has 0 aliphatic carbocycles. The Bertz CT molecular complexity index is 399. The highest BCUT2D eigenvalue weighted by Crippen LogP contribution is 2.08. The van der Waals surface area contributed by atoms with Crippen LogP contribution in [0.4, 0.5) is 0 Å². The summed E-state index contributed by atoms with van der Waals surface area (Å²) in [6, 6.07) is 0. The van der Waals surface area contributed by atoms with Gasteiger partial charge in [-0.15, -0.1) is 0 Å². The summed E-state index contributed by atoms with van der Waals surface area (Å²) < 4.78 is 10.4. The fourth-order valence-electron chi connectivity index (χ4n) is 1.11. The van der Waals surface area contributed by atoms with E-state index in [0.717, 1.165) is 11.0 Å². The largest absolute Gasteiger partial charge is 0.461 e. The Labute approximate surface area is 92.1 Å². The number of imidazole rings is 1. The summed E-state index contributed by atoms with van der Waals surface area (Å²) in [4.78, 5) is 26.6. The summed E-state index contributed by atoms with van der Waals surface area (Å²) in [5, 5.41) is 0. The van der Waals surface area contributed by atoms with E-state index < -0.39 is 11.9 Å². The van der Waals surface area contributed by atoms with Crippen molar-refractivity contribution in [1.29, 1.82) is 0 Å². The van der Waals surface area contributed by atoms with Crippen molar-refractivity contribution in [3.63, 3.8) is 0 Å². The number of esters is 2. The molecule has 88 valence electrons. The van der Waals surface area contributed by atoms with Crippen molar-refractivity contribution in [2.24, 2.45) is 0 Å². The van der Waals surface area contributed by atoms with Gasteiger partial charge in [0.15, 0.2) is 11.4 Å². The van der Waals surface area contributed by atoms with Crippen LogP contribution in [0.2, 0.25) is 0 Å². The van der Waals surface area contributed by atoms with Crippen molar-refractivity contribution in [2.45, 2.75) is 13.8 Å². The summed E-state index contributed by atoms with van der Waals surface area (Å²) in [6.07, 6.45) is 1.15. The van der Waals surface area contributed by atoms with Crippen LogP contribution in [0.1, 0.15) is 34.8 Å². The fraction of sp³-hybridized carbons (Fsp3) is 0.444. The van der Waals surface area contributed by atoms with E-state index in [2.05, 4.69) is 4.98 Å².